The van der Waals surface area contributed by atoms with Gasteiger partial charge in [-0.2, -0.15) is 0 Å². The Bertz CT molecular complexity index is 553. The van der Waals surface area contributed by atoms with Crippen molar-refractivity contribution in [2.24, 2.45) is 0 Å². The molecule has 0 aliphatic rings. The summed E-state index contributed by atoms with van der Waals surface area (Å²) in [4.78, 5) is 16.3. The van der Waals surface area contributed by atoms with Crippen LogP contribution in [-0.4, -0.2) is 10.9 Å². The van der Waals surface area contributed by atoms with Gasteiger partial charge < -0.3 is 0 Å². The van der Waals surface area contributed by atoms with Crippen LogP contribution in [-0.2, 0) is 12.3 Å². The average Bonchev–Trinajstić information content (AvgIpc) is 2.86. The number of halogens is 1. The van der Waals surface area contributed by atoms with Gasteiger partial charge in [0.15, 0.2) is 5.13 Å². The highest BCUT2D eigenvalue weighted by Crippen LogP contribution is 2.18. The number of nitrogens with one attached hydrogen (secondary N) is 1. The Morgan fingerprint density at radius 2 is 2.22 bits per heavy atom. The van der Waals surface area contributed by atoms with Crippen molar-refractivity contribution in [3.05, 3.63) is 46.5 Å². The molecule has 0 saturated heterocycles. The Hall–Kier alpha value is -1.39. The smallest absolute Gasteiger partial charge is 0.257 e. The van der Waals surface area contributed by atoms with Crippen molar-refractivity contribution in [3.8, 4) is 0 Å². The predicted octanol–water partition coefficient (Wildman–Crippen LogP) is 3.70. The number of nitrogens with zero attached hydrogens (tertiary/aromatic N) is 1. The van der Waals surface area contributed by atoms with E-state index in [9.17, 15) is 4.79 Å². The topological polar surface area (TPSA) is 42.0 Å². The number of thiazole rings is 1. The van der Waals surface area contributed by atoms with E-state index in [0.717, 1.165) is 17.7 Å². The molecule has 0 aliphatic heterocycles. The summed E-state index contributed by atoms with van der Waals surface area (Å²) < 4.78 is 0. The number of alkyl halides is 1. The molecule has 0 bridgehead atoms. The molecule has 5 heteroatoms. The number of aryl methyl sites for hydroxylation is 1. The molecule has 0 aliphatic carbocycles. The van der Waals surface area contributed by atoms with Crippen LogP contribution in [0.25, 0.3) is 0 Å². The summed E-state index contributed by atoms with van der Waals surface area (Å²) in [6.07, 6.45) is 0.828. The standard InChI is InChI=1S/C13H13ClN2OS/c1-2-9-5-3-4-6-11(9)12(17)16-13-15-10(7-14)8-18-13/h3-6,8H,2,7H2,1H3,(H,15,16,17). The first-order valence-corrected chi connectivity index (χ1v) is 7.05. The first-order valence-electron chi connectivity index (χ1n) is 5.64. The second kappa shape index (κ2) is 5.98. The summed E-state index contributed by atoms with van der Waals surface area (Å²) in [5.41, 5.74) is 2.51. The molecule has 0 unspecified atom stereocenters. The average molecular weight is 281 g/mol. The zero-order chi connectivity index (χ0) is 13.0. The molecule has 0 saturated carbocycles. The van der Waals surface area contributed by atoms with E-state index >= 15 is 0 Å². The SMILES string of the molecule is CCc1ccccc1C(=O)Nc1nc(CCl)cs1. The third-order valence-corrected chi connectivity index (χ3v) is 3.63. The Labute approximate surface area is 115 Å². The molecule has 1 N–H and O–H groups in total. The van der Waals surface area contributed by atoms with Gasteiger partial charge in [-0.15, -0.1) is 22.9 Å². The zero-order valence-corrected chi connectivity index (χ0v) is 11.5. The molecular weight excluding hydrogens is 268 g/mol. The van der Waals surface area contributed by atoms with Crippen LogP contribution in [0.3, 0.4) is 0 Å². The number of anilines is 1. The third kappa shape index (κ3) is 2.89. The zero-order valence-electron chi connectivity index (χ0n) is 9.94. The van der Waals surface area contributed by atoms with Crippen molar-refractivity contribution >= 4 is 34.0 Å². The molecule has 1 heterocycles. The summed E-state index contributed by atoms with van der Waals surface area (Å²) >= 11 is 7.06. The van der Waals surface area contributed by atoms with Gasteiger partial charge in [-0.05, 0) is 18.1 Å². The summed E-state index contributed by atoms with van der Waals surface area (Å²) in [7, 11) is 0. The summed E-state index contributed by atoms with van der Waals surface area (Å²) in [5.74, 6) is 0.237. The number of aromatic nitrogens is 1. The molecule has 94 valence electrons. The minimum Gasteiger partial charge on any atom is -0.298 e. The lowest BCUT2D eigenvalue weighted by Crippen LogP contribution is -2.13. The molecule has 0 radical (unpaired) electrons. The number of carbonyl (C=O) groups excluding carboxylic acids is 1. The van der Waals surface area contributed by atoms with Crippen LogP contribution in [0, 0.1) is 0 Å². The highest BCUT2D eigenvalue weighted by Gasteiger charge is 2.11. The van der Waals surface area contributed by atoms with Gasteiger partial charge in [0.25, 0.3) is 5.91 Å². The van der Waals surface area contributed by atoms with E-state index < -0.39 is 0 Å². The molecule has 3 nitrogen and oxygen atoms in total. The fourth-order valence-electron chi connectivity index (χ4n) is 1.64. The van der Waals surface area contributed by atoms with Gasteiger partial charge in [0, 0.05) is 10.9 Å². The molecule has 1 amide bonds. The second-order valence-electron chi connectivity index (χ2n) is 3.74. The largest absolute Gasteiger partial charge is 0.298 e. The first kappa shape index (κ1) is 13.1. The van der Waals surface area contributed by atoms with E-state index in [2.05, 4.69) is 10.3 Å². The maximum Gasteiger partial charge on any atom is 0.257 e. The van der Waals surface area contributed by atoms with Crippen LogP contribution in [0.5, 0.6) is 0 Å². The molecule has 0 spiro atoms. The van der Waals surface area contributed by atoms with Gasteiger partial charge in [0.1, 0.15) is 0 Å². The Kier molecular flexibility index (Phi) is 4.33. The second-order valence-corrected chi connectivity index (χ2v) is 4.87. The molecule has 0 atom stereocenters. The number of rotatable bonds is 4. The molecule has 2 aromatic rings. The maximum absolute atomic E-state index is 12.1. The van der Waals surface area contributed by atoms with Crippen LogP contribution < -0.4 is 5.32 Å². The highest BCUT2D eigenvalue weighted by atomic mass is 35.5. The minimum absolute atomic E-state index is 0.122. The molecule has 1 aromatic carbocycles. The summed E-state index contributed by atoms with van der Waals surface area (Å²) in [6.45, 7) is 2.03. The van der Waals surface area contributed by atoms with Crippen molar-refractivity contribution < 1.29 is 4.79 Å². The highest BCUT2D eigenvalue weighted by molar-refractivity contribution is 7.14. The number of amides is 1. The first-order chi connectivity index (χ1) is 8.74. The molecular formula is C13H13ClN2OS. The van der Waals surface area contributed by atoms with Crippen molar-refractivity contribution in [1.82, 2.24) is 4.98 Å². The lowest BCUT2D eigenvalue weighted by Gasteiger charge is -2.06. The number of carbonyl (C=O) groups is 1. The third-order valence-electron chi connectivity index (χ3n) is 2.55. The van der Waals surface area contributed by atoms with Crippen LogP contribution >= 0.6 is 22.9 Å². The lowest BCUT2D eigenvalue weighted by atomic mass is 10.1. The fraction of sp³-hybridized carbons (Fsp3) is 0.231. The Morgan fingerprint density at radius 1 is 1.44 bits per heavy atom. The van der Waals surface area contributed by atoms with Gasteiger partial charge >= 0.3 is 0 Å². The quantitative estimate of drug-likeness (QED) is 0.868. The van der Waals surface area contributed by atoms with Crippen LogP contribution in [0.15, 0.2) is 29.6 Å². The number of hydrogen-bond donors (Lipinski definition) is 1. The molecule has 18 heavy (non-hydrogen) atoms. The summed E-state index contributed by atoms with van der Waals surface area (Å²) in [6, 6.07) is 7.58. The van der Waals surface area contributed by atoms with E-state index in [-0.39, 0.29) is 5.91 Å². The summed E-state index contributed by atoms with van der Waals surface area (Å²) in [5, 5.41) is 5.22. The number of hydrogen-bond acceptors (Lipinski definition) is 3. The Morgan fingerprint density at radius 3 is 2.89 bits per heavy atom. The Balaban J connectivity index is 2.16. The van der Waals surface area contributed by atoms with Crippen molar-refractivity contribution in [2.45, 2.75) is 19.2 Å². The van der Waals surface area contributed by atoms with E-state index in [0.29, 0.717) is 16.6 Å². The van der Waals surface area contributed by atoms with Crippen molar-refractivity contribution in [2.75, 3.05) is 5.32 Å². The van der Waals surface area contributed by atoms with E-state index in [1.165, 1.54) is 11.3 Å². The van der Waals surface area contributed by atoms with Crippen molar-refractivity contribution in [1.29, 1.82) is 0 Å². The number of benzene rings is 1. The van der Waals surface area contributed by atoms with Crippen molar-refractivity contribution in [3.63, 3.8) is 0 Å². The van der Waals surface area contributed by atoms with E-state index in [1.807, 2.05) is 36.6 Å². The van der Waals surface area contributed by atoms with Crippen LogP contribution in [0.1, 0.15) is 28.5 Å². The molecule has 0 fully saturated rings. The van der Waals surface area contributed by atoms with E-state index in [4.69, 9.17) is 11.6 Å². The van der Waals surface area contributed by atoms with Gasteiger partial charge in [-0.1, -0.05) is 25.1 Å². The van der Waals surface area contributed by atoms with Gasteiger partial charge in [0.2, 0.25) is 0 Å². The lowest BCUT2D eigenvalue weighted by molar-refractivity contribution is 0.102. The van der Waals surface area contributed by atoms with Gasteiger partial charge in [-0.25, -0.2) is 4.98 Å². The minimum atomic E-state index is -0.122. The fourth-order valence-corrected chi connectivity index (χ4v) is 2.57. The monoisotopic (exact) mass is 280 g/mol. The molecule has 2 rings (SSSR count). The normalized spacial score (nSPS) is 10.3. The van der Waals surface area contributed by atoms with E-state index in [1.54, 1.807) is 0 Å². The van der Waals surface area contributed by atoms with Crippen LogP contribution in [0.4, 0.5) is 5.13 Å². The van der Waals surface area contributed by atoms with Crippen LogP contribution in [0.2, 0.25) is 0 Å². The van der Waals surface area contributed by atoms with Gasteiger partial charge in [0.05, 0.1) is 11.6 Å². The van der Waals surface area contributed by atoms with Gasteiger partial charge in [-0.3, -0.25) is 10.1 Å². The molecule has 1 aromatic heterocycles. The maximum atomic E-state index is 12.1. The predicted molar refractivity (Wildman–Crippen MR) is 75.4 cm³/mol.